The Morgan fingerprint density at radius 1 is 1.23 bits per heavy atom. The van der Waals surface area contributed by atoms with Crippen LogP contribution in [0.15, 0.2) is 0 Å². The fraction of sp³-hybridized carbons (Fsp3) is 0.929. The lowest BCUT2D eigenvalue weighted by Crippen LogP contribution is -2.51. The normalized spacial score (nSPS) is 37.9. The average molecular weight is 338 g/mol. The van der Waals surface area contributed by atoms with E-state index in [0.717, 1.165) is 19.3 Å². The first-order chi connectivity index (χ1) is 10.1. The van der Waals surface area contributed by atoms with Crippen molar-refractivity contribution in [3.05, 3.63) is 0 Å². The molecule has 3 aliphatic rings. The molecule has 0 aromatic heterocycles. The summed E-state index contributed by atoms with van der Waals surface area (Å²) in [5.41, 5.74) is -0.711. The maximum atomic E-state index is 13.3. The molecule has 0 saturated heterocycles. The number of fused-ring (bicyclic) bond motifs is 2. The minimum atomic E-state index is -5.60. The number of hydrogen-bond acceptors (Lipinski definition) is 4. The van der Waals surface area contributed by atoms with Crippen LogP contribution in [0, 0.1) is 17.8 Å². The van der Waals surface area contributed by atoms with Crippen molar-refractivity contribution < 1.29 is 31.3 Å². The molecule has 22 heavy (non-hydrogen) atoms. The molecule has 4 atom stereocenters. The second kappa shape index (κ2) is 5.12. The molecule has 0 spiro atoms. The molecule has 8 heteroatoms. The van der Waals surface area contributed by atoms with Gasteiger partial charge in [0, 0.05) is 0 Å². The summed E-state index contributed by atoms with van der Waals surface area (Å²) in [6.07, 6.45) is 4.73. The minimum absolute atomic E-state index is 0.463. The van der Waals surface area contributed by atoms with Crippen LogP contribution in [-0.4, -0.2) is 29.8 Å². The van der Waals surface area contributed by atoms with E-state index >= 15 is 0 Å². The molecule has 0 heterocycles. The first kappa shape index (κ1) is 16.1. The predicted molar refractivity (Wildman–Crippen MR) is 72.7 cm³/mol. The standard InChI is InChI=1S/C14H20F2O5S/c15-14(16,22(18,19)20)8-12(17)21-13-4-3-10-2-1-9(6-13)5-11(10)7-13/h9-11H,1-8H2,(H,18,19,20). The van der Waals surface area contributed by atoms with Gasteiger partial charge in [0.15, 0.2) is 0 Å². The SMILES string of the molecule is O=C(CC(F)(F)S(=O)(=O)O)OC12CCC3CCC(CC3C1)C2. The second-order valence-electron chi connectivity index (χ2n) is 7.09. The van der Waals surface area contributed by atoms with E-state index in [1.807, 2.05) is 0 Å². The summed E-state index contributed by atoms with van der Waals surface area (Å²) in [6, 6.07) is 0. The Morgan fingerprint density at radius 3 is 2.64 bits per heavy atom. The molecule has 4 unspecified atom stereocenters. The van der Waals surface area contributed by atoms with Gasteiger partial charge in [0.05, 0.1) is 0 Å². The van der Waals surface area contributed by atoms with Crippen LogP contribution in [0.25, 0.3) is 0 Å². The van der Waals surface area contributed by atoms with Gasteiger partial charge in [-0.15, -0.1) is 0 Å². The third-order valence-electron chi connectivity index (χ3n) is 5.57. The summed E-state index contributed by atoms with van der Waals surface area (Å²) in [4.78, 5) is 11.8. The summed E-state index contributed by atoms with van der Waals surface area (Å²) in [6.45, 7) is 0. The van der Waals surface area contributed by atoms with Gasteiger partial charge in [-0.2, -0.15) is 17.2 Å². The summed E-state index contributed by atoms with van der Waals surface area (Å²) in [5, 5.41) is -4.50. The zero-order valence-corrected chi connectivity index (χ0v) is 12.9. The Balaban J connectivity index is 1.69. The number of hydrogen-bond donors (Lipinski definition) is 1. The Kier molecular flexibility index (Phi) is 3.75. The van der Waals surface area contributed by atoms with Crippen LogP contribution >= 0.6 is 0 Å². The fourth-order valence-electron chi connectivity index (χ4n) is 4.65. The number of rotatable bonds is 4. The van der Waals surface area contributed by atoms with Crippen molar-refractivity contribution >= 4 is 16.1 Å². The highest BCUT2D eigenvalue weighted by atomic mass is 32.2. The largest absolute Gasteiger partial charge is 0.459 e. The molecular formula is C14H20F2O5S. The number of ether oxygens (including phenoxy) is 1. The Labute approximate surface area is 128 Å². The van der Waals surface area contributed by atoms with Gasteiger partial charge in [0.1, 0.15) is 12.0 Å². The number of halogens is 2. The molecule has 3 rings (SSSR count). The van der Waals surface area contributed by atoms with E-state index in [2.05, 4.69) is 0 Å². The topological polar surface area (TPSA) is 80.7 Å². The molecule has 126 valence electrons. The highest BCUT2D eigenvalue weighted by Crippen LogP contribution is 2.55. The van der Waals surface area contributed by atoms with Crippen LogP contribution in [0.5, 0.6) is 0 Å². The highest BCUT2D eigenvalue weighted by Gasteiger charge is 2.53. The highest BCUT2D eigenvalue weighted by molar-refractivity contribution is 7.86. The van der Waals surface area contributed by atoms with E-state index in [4.69, 9.17) is 9.29 Å². The smallest absolute Gasteiger partial charge is 0.380 e. The third kappa shape index (κ3) is 2.87. The summed E-state index contributed by atoms with van der Waals surface area (Å²) in [5.74, 6) is 0.338. The zero-order valence-electron chi connectivity index (χ0n) is 12.1. The van der Waals surface area contributed by atoms with Gasteiger partial charge in [-0.05, 0) is 56.3 Å². The molecule has 0 amide bonds. The quantitative estimate of drug-likeness (QED) is 0.630. The van der Waals surface area contributed by atoms with Crippen LogP contribution in [-0.2, 0) is 19.6 Å². The van der Waals surface area contributed by atoms with E-state index in [1.54, 1.807) is 0 Å². The fourth-order valence-corrected chi connectivity index (χ4v) is 4.95. The van der Waals surface area contributed by atoms with Crippen LogP contribution in [0.4, 0.5) is 8.78 Å². The Morgan fingerprint density at radius 2 is 1.95 bits per heavy atom. The van der Waals surface area contributed by atoms with E-state index in [-0.39, 0.29) is 0 Å². The molecular weight excluding hydrogens is 318 g/mol. The van der Waals surface area contributed by atoms with Gasteiger partial charge < -0.3 is 4.74 Å². The molecule has 3 saturated carbocycles. The Hall–Kier alpha value is -0.760. The second-order valence-corrected chi connectivity index (χ2v) is 8.64. The lowest BCUT2D eigenvalue weighted by molar-refractivity contribution is -0.184. The number of carbonyl (C=O) groups is 1. The van der Waals surface area contributed by atoms with Gasteiger partial charge in [-0.25, -0.2) is 0 Å². The molecule has 3 bridgehead atoms. The molecule has 3 fully saturated rings. The maximum absolute atomic E-state index is 13.3. The van der Waals surface area contributed by atoms with Gasteiger partial charge in [-0.1, -0.05) is 6.42 Å². The first-order valence-corrected chi connectivity index (χ1v) is 9.11. The predicted octanol–water partition coefficient (Wildman–Crippen LogP) is 2.76. The van der Waals surface area contributed by atoms with E-state index in [0.29, 0.717) is 37.0 Å². The van der Waals surface area contributed by atoms with Crippen molar-refractivity contribution in [2.45, 2.75) is 62.2 Å². The molecule has 5 nitrogen and oxygen atoms in total. The van der Waals surface area contributed by atoms with Gasteiger partial charge in [-0.3, -0.25) is 9.35 Å². The van der Waals surface area contributed by atoms with Gasteiger partial charge in [0.2, 0.25) is 0 Å². The number of carbonyl (C=O) groups excluding carboxylic acids is 1. The van der Waals surface area contributed by atoms with Crippen molar-refractivity contribution in [3.8, 4) is 0 Å². The van der Waals surface area contributed by atoms with Crippen LogP contribution < -0.4 is 0 Å². The van der Waals surface area contributed by atoms with E-state index in [9.17, 15) is 22.0 Å². The first-order valence-electron chi connectivity index (χ1n) is 7.67. The monoisotopic (exact) mass is 338 g/mol. The van der Waals surface area contributed by atoms with Crippen LogP contribution in [0.1, 0.15) is 51.4 Å². The summed E-state index contributed by atoms with van der Waals surface area (Å²) in [7, 11) is -5.60. The molecule has 3 aliphatic carbocycles. The number of esters is 1. The van der Waals surface area contributed by atoms with Crippen LogP contribution in [0.2, 0.25) is 0 Å². The number of alkyl halides is 2. The van der Waals surface area contributed by atoms with Crippen molar-refractivity contribution in [1.82, 2.24) is 0 Å². The van der Waals surface area contributed by atoms with Crippen molar-refractivity contribution in [2.75, 3.05) is 0 Å². The molecule has 0 aliphatic heterocycles. The maximum Gasteiger partial charge on any atom is 0.380 e. The minimum Gasteiger partial charge on any atom is -0.459 e. The van der Waals surface area contributed by atoms with E-state index < -0.39 is 33.4 Å². The molecule has 0 aromatic carbocycles. The summed E-state index contributed by atoms with van der Waals surface area (Å²) >= 11 is 0. The van der Waals surface area contributed by atoms with Crippen molar-refractivity contribution in [2.24, 2.45) is 17.8 Å². The van der Waals surface area contributed by atoms with Crippen molar-refractivity contribution in [3.63, 3.8) is 0 Å². The lowest BCUT2D eigenvalue weighted by atomic mass is 9.56. The van der Waals surface area contributed by atoms with Gasteiger partial charge in [0.25, 0.3) is 0 Å². The van der Waals surface area contributed by atoms with Gasteiger partial charge >= 0.3 is 21.3 Å². The van der Waals surface area contributed by atoms with Crippen molar-refractivity contribution in [1.29, 1.82) is 0 Å². The van der Waals surface area contributed by atoms with Crippen LogP contribution in [0.3, 0.4) is 0 Å². The van der Waals surface area contributed by atoms with E-state index in [1.165, 1.54) is 6.42 Å². The zero-order chi connectivity index (χ0) is 16.2. The Bertz CT molecular complexity index is 572. The lowest BCUT2D eigenvalue weighted by Gasteiger charge is -2.54. The molecule has 0 aromatic rings. The molecule has 1 N–H and O–H groups in total. The average Bonchev–Trinajstić information content (AvgIpc) is 2.34. The third-order valence-corrected chi connectivity index (χ3v) is 6.47. The molecule has 0 radical (unpaired) electrons. The summed E-state index contributed by atoms with van der Waals surface area (Å²) < 4.78 is 61.5.